The van der Waals surface area contributed by atoms with Crippen LogP contribution >= 0.6 is 0 Å². The topological polar surface area (TPSA) is 69.9 Å². The number of amides is 1. The molecule has 2 fully saturated rings. The van der Waals surface area contributed by atoms with Crippen molar-refractivity contribution in [1.29, 1.82) is 0 Å². The number of nitro benzene ring substituents is 1. The molecule has 3 rings (SSSR count). The quantitative estimate of drug-likeness (QED) is 0.621. The van der Waals surface area contributed by atoms with E-state index in [1.165, 1.54) is 6.07 Å². The number of nitro groups is 1. The number of hydrogen-bond donors (Lipinski definition) is 0. The lowest BCUT2D eigenvalue weighted by atomic mass is 10.0. The molecule has 0 aliphatic carbocycles. The van der Waals surface area contributed by atoms with E-state index >= 15 is 0 Å². The summed E-state index contributed by atoms with van der Waals surface area (Å²) in [5, 5.41) is 11.6. The molecule has 0 saturated carbocycles. The summed E-state index contributed by atoms with van der Waals surface area (Å²) in [6.45, 7) is 6.05. The number of likely N-dealkylation sites (tertiary alicyclic amines) is 1. The Hall–Kier alpha value is -2.15. The summed E-state index contributed by atoms with van der Waals surface area (Å²) in [5.41, 5.74) is 1.06. The number of piperazine rings is 1. The number of carbonyl (C=O) groups is 1. The van der Waals surface area contributed by atoms with E-state index in [0.717, 1.165) is 52.0 Å². The van der Waals surface area contributed by atoms with Crippen LogP contribution in [0.1, 0.15) is 36.5 Å². The van der Waals surface area contributed by atoms with Gasteiger partial charge in [0, 0.05) is 50.4 Å². The van der Waals surface area contributed by atoms with Gasteiger partial charge >= 0.3 is 0 Å². The Morgan fingerprint density at radius 1 is 1.16 bits per heavy atom. The normalized spacial score (nSPS) is 22.1. The zero-order valence-corrected chi connectivity index (χ0v) is 15.0. The summed E-state index contributed by atoms with van der Waals surface area (Å²) in [5.74, 6) is -0.0970. The number of likely N-dealkylation sites (N-methyl/N-ethyl adjacent to an activating group) is 1. The van der Waals surface area contributed by atoms with Crippen LogP contribution in [-0.2, 0) is 0 Å². The van der Waals surface area contributed by atoms with Crippen LogP contribution in [0.25, 0.3) is 0 Å². The van der Waals surface area contributed by atoms with Crippen LogP contribution in [0.4, 0.5) is 11.4 Å². The Morgan fingerprint density at radius 2 is 1.88 bits per heavy atom. The van der Waals surface area contributed by atoms with Crippen molar-refractivity contribution in [2.24, 2.45) is 0 Å². The maximum absolute atomic E-state index is 12.8. The molecule has 0 aromatic heterocycles. The van der Waals surface area contributed by atoms with Crippen molar-refractivity contribution >= 4 is 17.3 Å². The number of rotatable bonds is 3. The molecule has 0 radical (unpaired) electrons. The maximum atomic E-state index is 12.8. The zero-order valence-electron chi connectivity index (χ0n) is 15.0. The molecule has 0 N–H and O–H groups in total. The number of benzene rings is 1. The van der Waals surface area contributed by atoms with Crippen molar-refractivity contribution in [3.63, 3.8) is 0 Å². The van der Waals surface area contributed by atoms with Gasteiger partial charge in [0.15, 0.2) is 0 Å². The smallest absolute Gasteiger partial charge is 0.293 e. The molecule has 0 spiro atoms. The Labute approximate surface area is 148 Å². The molecule has 1 aromatic carbocycles. The van der Waals surface area contributed by atoms with Gasteiger partial charge in [0.1, 0.15) is 5.69 Å². The third-order valence-corrected chi connectivity index (χ3v) is 5.33. The van der Waals surface area contributed by atoms with E-state index < -0.39 is 0 Å². The van der Waals surface area contributed by atoms with Gasteiger partial charge in [-0.25, -0.2) is 0 Å². The molecule has 1 aromatic rings. The second kappa shape index (κ2) is 7.39. The average Bonchev–Trinajstić information content (AvgIpc) is 2.62. The summed E-state index contributed by atoms with van der Waals surface area (Å²) >= 11 is 0. The molecule has 2 aliphatic heterocycles. The standard InChI is InChI=1S/C18H26N4O3/c1-14-5-3-4-8-21(14)18(23)15-6-7-16(17(13-15)22(24)25)20-11-9-19(2)10-12-20/h6-7,13-14H,3-5,8-12H2,1-2H3/t14-/m0/s1. The van der Waals surface area contributed by atoms with Gasteiger partial charge in [0.25, 0.3) is 11.6 Å². The lowest BCUT2D eigenvalue weighted by Crippen LogP contribution is -2.44. The van der Waals surface area contributed by atoms with E-state index in [1.807, 2.05) is 23.8 Å². The van der Waals surface area contributed by atoms with Crippen LogP contribution in [0.2, 0.25) is 0 Å². The average molecular weight is 346 g/mol. The minimum absolute atomic E-state index is 0.0278. The number of nitrogens with zero attached hydrogens (tertiary/aromatic N) is 4. The summed E-state index contributed by atoms with van der Waals surface area (Å²) in [6, 6.07) is 5.13. The Morgan fingerprint density at radius 3 is 2.52 bits per heavy atom. The molecule has 136 valence electrons. The highest BCUT2D eigenvalue weighted by Gasteiger charge is 2.28. The van der Waals surface area contributed by atoms with Gasteiger partial charge in [0.05, 0.1) is 4.92 Å². The predicted octanol–water partition coefficient (Wildman–Crippen LogP) is 2.36. The second-order valence-corrected chi connectivity index (χ2v) is 7.09. The van der Waals surface area contributed by atoms with Crippen molar-refractivity contribution < 1.29 is 9.72 Å². The molecule has 2 saturated heterocycles. The number of hydrogen-bond acceptors (Lipinski definition) is 5. The first-order valence-corrected chi connectivity index (χ1v) is 9.00. The van der Waals surface area contributed by atoms with Gasteiger partial charge in [-0.2, -0.15) is 0 Å². The predicted molar refractivity (Wildman–Crippen MR) is 97.2 cm³/mol. The van der Waals surface area contributed by atoms with Gasteiger partial charge in [-0.15, -0.1) is 0 Å². The highest BCUT2D eigenvalue weighted by Crippen LogP contribution is 2.31. The molecular weight excluding hydrogens is 320 g/mol. The van der Waals surface area contributed by atoms with E-state index in [1.54, 1.807) is 12.1 Å². The molecule has 7 nitrogen and oxygen atoms in total. The van der Waals surface area contributed by atoms with Crippen LogP contribution in [0.5, 0.6) is 0 Å². The van der Waals surface area contributed by atoms with Gasteiger partial charge in [0.2, 0.25) is 0 Å². The van der Waals surface area contributed by atoms with Crippen LogP contribution in [0.3, 0.4) is 0 Å². The molecule has 25 heavy (non-hydrogen) atoms. The molecule has 0 bridgehead atoms. The molecule has 7 heteroatoms. The van der Waals surface area contributed by atoms with E-state index in [9.17, 15) is 14.9 Å². The Balaban J connectivity index is 1.86. The highest BCUT2D eigenvalue weighted by molar-refractivity contribution is 5.96. The minimum Gasteiger partial charge on any atom is -0.363 e. The summed E-state index contributed by atoms with van der Waals surface area (Å²) in [6.07, 6.45) is 3.12. The third-order valence-electron chi connectivity index (χ3n) is 5.33. The SMILES string of the molecule is C[C@H]1CCCCN1C(=O)c1ccc(N2CCN(C)CC2)c([N+](=O)[O-])c1. The third kappa shape index (κ3) is 3.76. The zero-order chi connectivity index (χ0) is 18.0. The lowest BCUT2D eigenvalue weighted by molar-refractivity contribution is -0.384. The lowest BCUT2D eigenvalue weighted by Gasteiger charge is -2.34. The van der Waals surface area contributed by atoms with Crippen molar-refractivity contribution in [3.8, 4) is 0 Å². The summed E-state index contributed by atoms with van der Waals surface area (Å²) in [7, 11) is 2.05. The first kappa shape index (κ1) is 17.7. The van der Waals surface area contributed by atoms with Crippen LogP contribution in [0.15, 0.2) is 18.2 Å². The van der Waals surface area contributed by atoms with Gasteiger partial charge < -0.3 is 14.7 Å². The number of carbonyl (C=O) groups excluding carboxylic acids is 1. The molecule has 0 unspecified atom stereocenters. The first-order chi connectivity index (χ1) is 12.0. The largest absolute Gasteiger partial charge is 0.363 e. The van der Waals surface area contributed by atoms with Crippen molar-refractivity contribution in [2.75, 3.05) is 44.7 Å². The maximum Gasteiger partial charge on any atom is 0.293 e. The van der Waals surface area contributed by atoms with E-state index in [-0.39, 0.29) is 22.6 Å². The van der Waals surface area contributed by atoms with Crippen LogP contribution in [0, 0.1) is 10.1 Å². The second-order valence-electron chi connectivity index (χ2n) is 7.09. The van der Waals surface area contributed by atoms with Crippen LogP contribution < -0.4 is 4.90 Å². The number of piperidine rings is 1. The summed E-state index contributed by atoms with van der Waals surface area (Å²) in [4.78, 5) is 30.1. The fraction of sp³-hybridized carbons (Fsp3) is 0.611. The highest BCUT2D eigenvalue weighted by atomic mass is 16.6. The van der Waals surface area contributed by atoms with Gasteiger partial charge in [-0.05, 0) is 45.4 Å². The molecular formula is C18H26N4O3. The van der Waals surface area contributed by atoms with Crippen LogP contribution in [-0.4, -0.2) is 66.4 Å². The molecule has 1 amide bonds. The number of anilines is 1. The van der Waals surface area contributed by atoms with Gasteiger partial charge in [-0.3, -0.25) is 14.9 Å². The Kier molecular flexibility index (Phi) is 5.22. The Bertz CT molecular complexity index is 656. The summed E-state index contributed by atoms with van der Waals surface area (Å²) < 4.78 is 0. The fourth-order valence-corrected chi connectivity index (χ4v) is 3.68. The van der Waals surface area contributed by atoms with E-state index in [2.05, 4.69) is 4.90 Å². The van der Waals surface area contributed by atoms with E-state index in [4.69, 9.17) is 0 Å². The molecule has 2 aliphatic rings. The first-order valence-electron chi connectivity index (χ1n) is 9.00. The minimum atomic E-state index is -0.371. The van der Waals surface area contributed by atoms with E-state index in [0.29, 0.717) is 11.3 Å². The van der Waals surface area contributed by atoms with Gasteiger partial charge in [-0.1, -0.05) is 0 Å². The fourth-order valence-electron chi connectivity index (χ4n) is 3.68. The van der Waals surface area contributed by atoms with Crippen molar-refractivity contribution in [3.05, 3.63) is 33.9 Å². The molecule has 2 heterocycles. The monoisotopic (exact) mass is 346 g/mol. The van der Waals surface area contributed by atoms with Crippen molar-refractivity contribution in [1.82, 2.24) is 9.80 Å². The molecule has 1 atom stereocenters. The van der Waals surface area contributed by atoms with Crippen molar-refractivity contribution in [2.45, 2.75) is 32.2 Å².